The number of carbonyl (C=O) groups is 6. The van der Waals surface area contributed by atoms with Crippen molar-refractivity contribution in [2.45, 2.75) is 45.9 Å². The Morgan fingerprint density at radius 2 is 0.884 bits per heavy atom. The Morgan fingerprint density at radius 1 is 0.558 bits per heavy atom. The minimum Gasteiger partial charge on any atom is -0.504 e. The number of pyridine rings is 5. The van der Waals surface area contributed by atoms with E-state index in [4.69, 9.17) is 19.8 Å². The number of hydrogen-bond donors (Lipinski definition) is 6. The Kier molecular flexibility index (Phi) is 40.9. The molecule has 11 rings (SSSR count). The summed E-state index contributed by atoms with van der Waals surface area (Å²) in [5.74, 6) is -1.94. The molecule has 0 saturated carbocycles. The number of hydrogen-bond acceptors (Lipinski definition) is 19. The van der Waals surface area contributed by atoms with Crippen LogP contribution in [0.15, 0.2) is 122 Å². The predicted molar refractivity (Wildman–Crippen MR) is 328 cm³/mol. The Bertz CT molecular complexity index is 4310. The van der Waals surface area contributed by atoms with Crippen LogP contribution in [0.2, 0.25) is 0 Å². The summed E-state index contributed by atoms with van der Waals surface area (Å²) in [5, 5.41) is 49.9. The molecular weight excluding hydrogens is 1630 g/mol. The number of nitrogens with zero attached hydrogens (tertiary/aromatic N) is 12. The summed E-state index contributed by atoms with van der Waals surface area (Å²) in [5.41, 5.74) is 8.25. The van der Waals surface area contributed by atoms with Gasteiger partial charge in [-0.3, -0.25) is 63.4 Å². The maximum Gasteiger partial charge on any atom is 0.358 e. The number of ether oxygens (including phenoxy) is 2. The van der Waals surface area contributed by atoms with E-state index in [0.717, 1.165) is 37.2 Å². The molecule has 0 spiro atoms. The summed E-state index contributed by atoms with van der Waals surface area (Å²) in [6.45, 7) is 4.42. The SMILES string of the molecule is C1CCOC1.[CH2-]NC(=O)c1cccn2nc(C(=O)OCC)cc12.[CH2-]NC(=O)c1cccn2nc(CC#N)cc12.[CH2-]NC(=O)c1cccn2nc(CN(C)C)cc12.[CH2-]NC(=O)c1cccn2nc(CO)cc12.[CH2-]NC(=O)c1cccn2nc(COS(C)(=O)=O)cc12.[Y].[Y].[Y].[Y].[Y]. The van der Waals surface area contributed by atoms with E-state index in [0.29, 0.717) is 67.0 Å². The van der Waals surface area contributed by atoms with Crippen LogP contribution in [0.1, 0.15) is 105 Å². The van der Waals surface area contributed by atoms with Crippen LogP contribution in [0.5, 0.6) is 0 Å². The van der Waals surface area contributed by atoms with Crippen LogP contribution >= 0.6 is 0 Å². The van der Waals surface area contributed by atoms with Crippen molar-refractivity contribution in [1.29, 1.82) is 5.26 Å². The Morgan fingerprint density at radius 3 is 1.21 bits per heavy atom. The third-order valence-electron chi connectivity index (χ3n) is 12.4. The molecule has 5 radical (unpaired) electrons. The predicted octanol–water partition coefficient (Wildman–Crippen LogP) is 4.34. The van der Waals surface area contributed by atoms with Gasteiger partial charge in [-0.25, -0.2) is 27.4 Å². The maximum absolute atomic E-state index is 11.6. The average molecular weight is 1690 g/mol. The van der Waals surface area contributed by atoms with Crippen molar-refractivity contribution in [3.8, 4) is 6.07 Å². The van der Waals surface area contributed by atoms with Crippen molar-refractivity contribution in [1.82, 2.24) is 79.6 Å². The zero-order chi connectivity index (χ0) is 65.5. The second-order valence-corrected chi connectivity index (χ2v) is 20.7. The van der Waals surface area contributed by atoms with Gasteiger partial charge in [0.25, 0.3) is 10.1 Å². The molecule has 5 amide bonds. The number of esters is 1. The molecule has 11 heterocycles. The fourth-order valence-electron chi connectivity index (χ4n) is 8.41. The quantitative estimate of drug-likeness (QED) is 0.0501. The van der Waals surface area contributed by atoms with Gasteiger partial charge in [0, 0.05) is 214 Å². The van der Waals surface area contributed by atoms with Gasteiger partial charge in [0.1, 0.15) is 6.61 Å². The average Bonchev–Trinajstić information content (AvgIpc) is 1.73. The van der Waals surface area contributed by atoms with Gasteiger partial charge in [-0.1, -0.05) is 0 Å². The van der Waals surface area contributed by atoms with E-state index in [2.05, 4.69) is 91.5 Å². The summed E-state index contributed by atoms with van der Waals surface area (Å²) in [6.07, 6.45) is 12.3. The molecule has 0 aliphatic carbocycles. The van der Waals surface area contributed by atoms with Crippen LogP contribution in [0, 0.1) is 46.6 Å². The summed E-state index contributed by atoms with van der Waals surface area (Å²) in [6, 6.07) is 27.4. The molecule has 10 aromatic heterocycles. The third kappa shape index (κ3) is 25.7. The molecule has 1 saturated heterocycles. The number of amides is 5. The second-order valence-electron chi connectivity index (χ2n) is 19.1. The molecule has 0 aromatic carbocycles. The Labute approximate surface area is 674 Å². The maximum atomic E-state index is 11.6. The number of aliphatic hydroxyl groups excluding tert-OH is 1. The third-order valence-corrected chi connectivity index (χ3v) is 12.9. The normalized spacial score (nSPS) is 10.9. The largest absolute Gasteiger partial charge is 0.504 e. The van der Waals surface area contributed by atoms with E-state index >= 15 is 0 Å². The summed E-state index contributed by atoms with van der Waals surface area (Å²) in [4.78, 5) is 71.4. The van der Waals surface area contributed by atoms with E-state index in [9.17, 15) is 37.2 Å². The van der Waals surface area contributed by atoms with Gasteiger partial charge in [-0.15, -0.1) is 0 Å². The summed E-state index contributed by atoms with van der Waals surface area (Å²) >= 11 is 0. The van der Waals surface area contributed by atoms with E-state index < -0.39 is 16.1 Å². The van der Waals surface area contributed by atoms with Crippen LogP contribution in [0.4, 0.5) is 0 Å². The zero-order valence-corrected chi connectivity index (χ0v) is 67.6. The van der Waals surface area contributed by atoms with E-state index in [1.54, 1.807) is 124 Å². The first-order valence-electron chi connectivity index (χ1n) is 27.2. The van der Waals surface area contributed by atoms with Crippen molar-refractivity contribution in [2.75, 3.05) is 40.2 Å². The van der Waals surface area contributed by atoms with Crippen LogP contribution in [-0.4, -0.2) is 142 Å². The first kappa shape index (κ1) is 88.1. The van der Waals surface area contributed by atoms with Crippen LogP contribution < -0.4 is 26.6 Å². The topological polar surface area (TPSA) is 358 Å². The fraction of sp³-hybridized carbons (Fsp3) is 0.217. The molecule has 35 heteroatoms. The smallest absolute Gasteiger partial charge is 0.358 e. The Balaban J connectivity index is 0.000000575. The molecule has 0 unspecified atom stereocenters. The van der Waals surface area contributed by atoms with Gasteiger partial charge < -0.3 is 46.1 Å². The Hall–Kier alpha value is -4.93. The molecule has 95 heavy (non-hydrogen) atoms. The molecule has 6 N–H and O–H groups in total. The monoisotopic (exact) mass is 1690 g/mol. The molecule has 1 aliphatic heterocycles. The zero-order valence-electron chi connectivity index (χ0n) is 52.5. The van der Waals surface area contributed by atoms with Gasteiger partial charge in [0.2, 0.25) is 29.5 Å². The molecule has 10 aromatic rings. The van der Waals surface area contributed by atoms with Gasteiger partial charge >= 0.3 is 5.97 Å². The van der Waals surface area contributed by atoms with Gasteiger partial charge in [-0.05, 0) is 125 Å². The molecule has 0 atom stereocenters. The first-order chi connectivity index (χ1) is 43.2. The van der Waals surface area contributed by atoms with Crippen molar-refractivity contribution in [2.24, 2.45) is 0 Å². The van der Waals surface area contributed by atoms with Crippen molar-refractivity contribution in [3.05, 3.63) is 214 Å². The molecule has 1 fully saturated rings. The number of aromatic nitrogens is 10. The number of carbonyl (C=O) groups excluding carboxylic acids is 6. The molecule has 0 bridgehead atoms. The molecular formula is C60H66N17O12SY5-5. The van der Waals surface area contributed by atoms with Crippen LogP contribution in [0.25, 0.3) is 27.6 Å². The van der Waals surface area contributed by atoms with Crippen molar-refractivity contribution in [3.63, 3.8) is 0 Å². The minimum absolute atomic E-state index is 0. The van der Waals surface area contributed by atoms with Crippen molar-refractivity contribution >= 4 is 73.2 Å². The number of aliphatic hydroxyl groups is 1. The van der Waals surface area contributed by atoms with Crippen LogP contribution in [0.3, 0.4) is 0 Å². The van der Waals surface area contributed by atoms with E-state index in [1.807, 2.05) is 37.3 Å². The first-order valence-corrected chi connectivity index (χ1v) is 29.0. The molecule has 489 valence electrons. The molecule has 1 aliphatic rings. The van der Waals surface area contributed by atoms with Gasteiger partial charge in [0.05, 0.1) is 110 Å². The number of nitriles is 1. The molecule has 29 nitrogen and oxygen atoms in total. The van der Waals surface area contributed by atoms with Gasteiger partial charge in [0.15, 0.2) is 5.69 Å². The van der Waals surface area contributed by atoms with Crippen LogP contribution in [-0.2, 0) is 214 Å². The number of rotatable bonds is 14. The number of fused-ring (bicyclic) bond motifs is 5. The van der Waals surface area contributed by atoms with E-state index in [1.165, 1.54) is 27.9 Å². The fourth-order valence-corrected chi connectivity index (χ4v) is 8.75. The minimum atomic E-state index is -3.53. The van der Waals surface area contributed by atoms with Crippen molar-refractivity contribution < 1.29 is 219 Å². The van der Waals surface area contributed by atoms with Gasteiger partial charge in [-0.2, -0.15) is 39.2 Å². The standard InChI is InChI=1S/C12H15N4O.C12H12N3O3.C11H9N4O.C11H12N3O4S.C10H10N3O2.C4H8O.5Y/c1-13-12(17)10-5-4-6-16-11(10)7-9(14-16)8-15(2)3;1-3-18-12(17)9-7-10-8(11(16)13-2)5-4-6-15(10)14-9;1-13-11(16)9-3-2-6-15-10(9)7-8(14-15)4-5-12;1-12-11(15)9-4-3-5-14-10(9)6-8(13-14)7-18-19(2,16)17;1-11-10(15)8-3-2-4-13-9(8)5-7(6-14)12-13;1-2-4-5-3-1;;;;;/h4-7H,1,8H2,2-3H3,(H,13,17);4-7H,2-3H2,1H3,(H,13,16);2-3,6-7H,1,4H2,(H,13,16);3-6H,1,7H2,2H3,(H,12,15);2-5,14H,1,6H2,(H,11,15);1-4H2;;;;;/q5*-1;;;;;;. The second kappa shape index (κ2) is 44.2. The van der Waals surface area contributed by atoms with E-state index in [-0.39, 0.29) is 225 Å². The number of nitrogens with one attached hydrogen (secondary N) is 5. The summed E-state index contributed by atoms with van der Waals surface area (Å²) < 4.78 is 44.1. The summed E-state index contributed by atoms with van der Waals surface area (Å²) in [7, 11) is 17.1.